The summed E-state index contributed by atoms with van der Waals surface area (Å²) in [5, 5.41) is 2.81. The number of anilines is 1. The molecule has 6 rings (SSSR count). The lowest BCUT2D eigenvalue weighted by atomic mass is 9.63. The molecule has 1 aromatic carbocycles. The summed E-state index contributed by atoms with van der Waals surface area (Å²) in [4.78, 5) is 39.3. The second-order valence-electron chi connectivity index (χ2n) is 7.78. The van der Waals surface area contributed by atoms with Gasteiger partial charge in [-0.05, 0) is 48.6 Å². The molecule has 5 nitrogen and oxygen atoms in total. The second-order valence-corrected chi connectivity index (χ2v) is 7.78. The first-order valence-electron chi connectivity index (χ1n) is 8.95. The lowest BCUT2D eigenvalue weighted by Crippen LogP contribution is -2.40. The molecule has 6 atom stereocenters. The van der Waals surface area contributed by atoms with Crippen molar-refractivity contribution in [3.63, 3.8) is 0 Å². The molecule has 25 heavy (non-hydrogen) atoms. The summed E-state index contributed by atoms with van der Waals surface area (Å²) in [6, 6.07) is 7.47. The van der Waals surface area contributed by atoms with E-state index in [1.165, 1.54) is 4.90 Å². The van der Waals surface area contributed by atoms with Crippen LogP contribution in [0.15, 0.2) is 36.4 Å². The number of hydrogen-bond donors (Lipinski definition) is 1. The van der Waals surface area contributed by atoms with E-state index in [2.05, 4.69) is 17.5 Å². The topological polar surface area (TPSA) is 66.5 Å². The Bertz CT molecular complexity index is 794. The van der Waals surface area contributed by atoms with Crippen LogP contribution in [0.5, 0.6) is 0 Å². The summed E-state index contributed by atoms with van der Waals surface area (Å²) in [5.74, 6) is 0.443. The van der Waals surface area contributed by atoms with Gasteiger partial charge < -0.3 is 5.32 Å². The molecule has 1 N–H and O–H groups in total. The predicted octanol–water partition coefficient (Wildman–Crippen LogP) is 1.99. The zero-order valence-corrected chi connectivity index (χ0v) is 14.0. The molecule has 2 bridgehead atoms. The number of aryl methyl sites for hydroxylation is 1. The summed E-state index contributed by atoms with van der Waals surface area (Å²) in [6.07, 6.45) is 5.42. The van der Waals surface area contributed by atoms with E-state index < -0.39 is 0 Å². The zero-order valence-electron chi connectivity index (χ0n) is 14.0. The zero-order chi connectivity index (χ0) is 17.3. The molecule has 2 saturated carbocycles. The van der Waals surface area contributed by atoms with Crippen molar-refractivity contribution in [2.75, 3.05) is 11.9 Å². The summed E-state index contributed by atoms with van der Waals surface area (Å²) >= 11 is 0. The normalized spacial score (nSPS) is 37.1. The van der Waals surface area contributed by atoms with E-state index in [0.717, 1.165) is 12.0 Å². The van der Waals surface area contributed by atoms with Crippen molar-refractivity contribution in [1.29, 1.82) is 0 Å². The molecule has 3 amide bonds. The minimum atomic E-state index is -0.319. The van der Waals surface area contributed by atoms with Crippen LogP contribution in [0.4, 0.5) is 5.69 Å². The number of allylic oxidation sites excluding steroid dienone is 2. The molecule has 0 unspecified atom stereocenters. The number of carbonyl (C=O) groups is 3. The lowest BCUT2D eigenvalue weighted by Gasteiger charge is -2.37. The Hall–Kier alpha value is -2.43. The summed E-state index contributed by atoms with van der Waals surface area (Å²) in [6.45, 7) is 1.72. The summed E-state index contributed by atoms with van der Waals surface area (Å²) in [7, 11) is 0. The first-order valence-corrected chi connectivity index (χ1v) is 8.95. The van der Waals surface area contributed by atoms with Crippen molar-refractivity contribution >= 4 is 23.4 Å². The number of nitrogens with zero attached hydrogens (tertiary/aromatic N) is 1. The van der Waals surface area contributed by atoms with Crippen molar-refractivity contribution in [2.45, 2.75) is 13.3 Å². The molecule has 1 aromatic rings. The smallest absolute Gasteiger partial charge is 0.244 e. The third-order valence-corrected chi connectivity index (χ3v) is 6.47. The van der Waals surface area contributed by atoms with Crippen molar-refractivity contribution in [1.82, 2.24) is 4.90 Å². The third-order valence-electron chi connectivity index (χ3n) is 6.47. The number of benzene rings is 1. The molecule has 0 radical (unpaired) electrons. The fourth-order valence-corrected chi connectivity index (χ4v) is 5.22. The first-order chi connectivity index (χ1) is 12.1. The van der Waals surface area contributed by atoms with Gasteiger partial charge >= 0.3 is 0 Å². The maximum atomic E-state index is 12.9. The quantitative estimate of drug-likeness (QED) is 0.678. The Labute approximate surface area is 146 Å². The van der Waals surface area contributed by atoms with Crippen molar-refractivity contribution in [2.24, 2.45) is 35.5 Å². The van der Waals surface area contributed by atoms with Gasteiger partial charge in [0, 0.05) is 5.69 Å². The van der Waals surface area contributed by atoms with E-state index in [4.69, 9.17) is 0 Å². The highest BCUT2D eigenvalue weighted by atomic mass is 16.2. The van der Waals surface area contributed by atoms with Gasteiger partial charge in [0.15, 0.2) is 0 Å². The van der Waals surface area contributed by atoms with Crippen LogP contribution in [0.25, 0.3) is 0 Å². The number of rotatable bonds is 3. The van der Waals surface area contributed by atoms with Crippen LogP contribution in [-0.2, 0) is 14.4 Å². The number of nitrogens with one attached hydrogen (secondary N) is 1. The maximum absolute atomic E-state index is 12.9. The fraction of sp³-hybridized carbons (Fsp3) is 0.450. The molecule has 3 fully saturated rings. The van der Waals surface area contributed by atoms with Crippen LogP contribution in [0, 0.1) is 42.4 Å². The van der Waals surface area contributed by atoms with Crippen molar-refractivity contribution < 1.29 is 14.4 Å². The monoisotopic (exact) mass is 336 g/mol. The molecule has 5 aliphatic rings. The highest BCUT2D eigenvalue weighted by Gasteiger charge is 2.67. The summed E-state index contributed by atoms with van der Waals surface area (Å²) < 4.78 is 0. The van der Waals surface area contributed by atoms with Gasteiger partial charge in [0.05, 0.1) is 11.8 Å². The van der Waals surface area contributed by atoms with Gasteiger partial charge in [0.25, 0.3) is 0 Å². The van der Waals surface area contributed by atoms with Gasteiger partial charge in [0.2, 0.25) is 17.7 Å². The number of likely N-dealkylation sites (tertiary alicyclic amines) is 1. The molecule has 4 aliphatic carbocycles. The van der Waals surface area contributed by atoms with Crippen LogP contribution >= 0.6 is 0 Å². The molecular weight excluding hydrogens is 316 g/mol. The number of hydrogen-bond acceptors (Lipinski definition) is 3. The minimum Gasteiger partial charge on any atom is -0.324 e. The third kappa shape index (κ3) is 2.04. The van der Waals surface area contributed by atoms with Crippen LogP contribution in [-0.4, -0.2) is 29.2 Å². The Morgan fingerprint density at radius 1 is 1.08 bits per heavy atom. The largest absolute Gasteiger partial charge is 0.324 e. The standard InChI is InChI=1S/C20H20N2O3/c1-10-4-2-3-5-15(10)21-16(23)9-22-19(24)17-11-6-7-12(14-8-13(11)14)18(17)20(22)25/h2-7,11-14,17-18H,8-9H2,1H3,(H,21,23)/t11-,12-,13-,14-,17+,18+/m0/s1. The van der Waals surface area contributed by atoms with Crippen molar-refractivity contribution in [3.05, 3.63) is 42.0 Å². The van der Waals surface area contributed by atoms with E-state index in [9.17, 15) is 14.4 Å². The van der Waals surface area contributed by atoms with Crippen LogP contribution in [0.3, 0.4) is 0 Å². The Morgan fingerprint density at radius 2 is 1.68 bits per heavy atom. The van der Waals surface area contributed by atoms with E-state index >= 15 is 0 Å². The van der Waals surface area contributed by atoms with Gasteiger partial charge in [-0.1, -0.05) is 30.4 Å². The first kappa shape index (κ1) is 14.9. The highest BCUT2D eigenvalue weighted by Crippen LogP contribution is 2.65. The van der Waals surface area contributed by atoms with Crippen LogP contribution in [0.1, 0.15) is 12.0 Å². The number of carbonyl (C=O) groups excluding carboxylic acids is 3. The number of para-hydroxylation sites is 1. The molecular formula is C20H20N2O3. The lowest BCUT2D eigenvalue weighted by molar-refractivity contribution is -0.142. The molecule has 0 aromatic heterocycles. The van der Waals surface area contributed by atoms with Gasteiger partial charge in [0.1, 0.15) is 6.54 Å². The molecule has 5 heteroatoms. The maximum Gasteiger partial charge on any atom is 0.244 e. The predicted molar refractivity (Wildman–Crippen MR) is 91.2 cm³/mol. The molecule has 128 valence electrons. The Balaban J connectivity index is 1.34. The SMILES string of the molecule is Cc1ccccc1NC(=O)CN1C(=O)[C@@H]2[C@H]3C=C[C@@H]([C@@H]4C[C@@H]34)[C@H]2C1=O. The Kier molecular flexibility index (Phi) is 3.00. The molecule has 1 saturated heterocycles. The van der Waals surface area contributed by atoms with Gasteiger partial charge in [-0.25, -0.2) is 0 Å². The number of imide groups is 1. The highest BCUT2D eigenvalue weighted by molar-refractivity contribution is 6.09. The fourth-order valence-electron chi connectivity index (χ4n) is 5.22. The van der Waals surface area contributed by atoms with Gasteiger partial charge in [-0.2, -0.15) is 0 Å². The molecule has 1 aliphatic heterocycles. The molecule has 1 heterocycles. The second kappa shape index (κ2) is 5.04. The van der Waals surface area contributed by atoms with E-state index in [0.29, 0.717) is 17.5 Å². The summed E-state index contributed by atoms with van der Waals surface area (Å²) in [5.41, 5.74) is 1.66. The van der Waals surface area contributed by atoms with Crippen LogP contribution < -0.4 is 5.32 Å². The van der Waals surface area contributed by atoms with E-state index in [-0.39, 0.29) is 47.9 Å². The van der Waals surface area contributed by atoms with E-state index in [1.54, 1.807) is 0 Å². The van der Waals surface area contributed by atoms with Crippen LogP contribution in [0.2, 0.25) is 0 Å². The van der Waals surface area contributed by atoms with E-state index in [1.807, 2.05) is 31.2 Å². The molecule has 0 spiro atoms. The van der Waals surface area contributed by atoms with Crippen molar-refractivity contribution in [3.8, 4) is 0 Å². The Morgan fingerprint density at radius 3 is 2.28 bits per heavy atom. The number of amides is 3. The van der Waals surface area contributed by atoms with Gasteiger partial charge in [-0.15, -0.1) is 0 Å². The van der Waals surface area contributed by atoms with Gasteiger partial charge in [-0.3, -0.25) is 19.3 Å². The minimum absolute atomic E-state index is 0.153. The average Bonchev–Trinajstić information content (AvgIpc) is 3.38. The average molecular weight is 336 g/mol.